The zero-order chi connectivity index (χ0) is 10.8. The number of hydrogen-bond acceptors (Lipinski definition) is 3. The zero-order valence-electron chi connectivity index (χ0n) is 9.00. The van der Waals surface area contributed by atoms with Gasteiger partial charge in [0.05, 0.1) is 16.5 Å². The molecule has 2 heterocycles. The first-order chi connectivity index (χ1) is 7.20. The molecule has 1 N–H and O–H groups in total. The van der Waals surface area contributed by atoms with Crippen molar-refractivity contribution in [3.05, 3.63) is 20.8 Å². The number of ether oxygens (including phenoxy) is 1. The highest BCUT2D eigenvalue weighted by atomic mass is 79.9. The maximum atomic E-state index is 5.63. The van der Waals surface area contributed by atoms with Gasteiger partial charge in [-0.1, -0.05) is 0 Å². The second-order valence-electron chi connectivity index (χ2n) is 4.05. The molecule has 1 saturated heterocycles. The lowest BCUT2D eigenvalue weighted by Gasteiger charge is -2.20. The zero-order valence-corrected chi connectivity index (χ0v) is 11.4. The largest absolute Gasteiger partial charge is 0.378 e. The third-order valence-corrected chi connectivity index (χ3v) is 4.62. The van der Waals surface area contributed by atoms with Crippen LogP contribution in [0.2, 0.25) is 0 Å². The molecular formula is C11H16BrNOS. The monoisotopic (exact) mass is 289 g/mol. The molecule has 1 aliphatic rings. The number of nitrogens with one attached hydrogen (secondary N) is 1. The molecule has 0 aliphatic carbocycles. The molecule has 3 unspecified atom stereocenters. The van der Waals surface area contributed by atoms with E-state index in [0.29, 0.717) is 18.1 Å². The van der Waals surface area contributed by atoms with Crippen molar-refractivity contribution in [1.29, 1.82) is 0 Å². The molecule has 0 saturated carbocycles. The van der Waals surface area contributed by atoms with Crippen molar-refractivity contribution in [2.75, 3.05) is 13.7 Å². The van der Waals surface area contributed by atoms with Crippen molar-refractivity contribution >= 4 is 27.3 Å². The molecule has 1 aromatic heterocycles. The van der Waals surface area contributed by atoms with E-state index < -0.39 is 0 Å². The highest BCUT2D eigenvalue weighted by molar-refractivity contribution is 9.11. The predicted octanol–water partition coefficient (Wildman–Crippen LogP) is 3.20. The number of thiophene rings is 1. The number of halogens is 1. The highest BCUT2D eigenvalue weighted by Gasteiger charge is 2.30. The van der Waals surface area contributed by atoms with E-state index in [0.717, 1.165) is 13.0 Å². The lowest BCUT2D eigenvalue weighted by Crippen LogP contribution is -2.24. The van der Waals surface area contributed by atoms with Crippen LogP contribution >= 0.6 is 27.3 Å². The van der Waals surface area contributed by atoms with Crippen LogP contribution in [0.25, 0.3) is 0 Å². The van der Waals surface area contributed by atoms with Crippen LogP contribution in [0.5, 0.6) is 0 Å². The quantitative estimate of drug-likeness (QED) is 0.923. The minimum absolute atomic E-state index is 0.411. The fourth-order valence-corrected chi connectivity index (χ4v) is 3.82. The Hall–Kier alpha value is 0.1000. The molecule has 4 heteroatoms. The second kappa shape index (κ2) is 4.95. The lowest BCUT2D eigenvalue weighted by molar-refractivity contribution is 0.117. The molecule has 1 fully saturated rings. The molecule has 0 radical (unpaired) electrons. The van der Waals surface area contributed by atoms with Crippen molar-refractivity contribution in [1.82, 2.24) is 5.32 Å². The van der Waals surface area contributed by atoms with Gasteiger partial charge in [0.2, 0.25) is 0 Å². The van der Waals surface area contributed by atoms with E-state index in [1.165, 1.54) is 8.66 Å². The van der Waals surface area contributed by atoms with Gasteiger partial charge in [0.25, 0.3) is 0 Å². The van der Waals surface area contributed by atoms with Crippen molar-refractivity contribution in [2.45, 2.75) is 25.5 Å². The Morgan fingerprint density at radius 2 is 2.40 bits per heavy atom. The molecule has 3 atom stereocenters. The van der Waals surface area contributed by atoms with Crippen LogP contribution in [-0.4, -0.2) is 19.8 Å². The van der Waals surface area contributed by atoms with Crippen LogP contribution in [0.1, 0.15) is 24.3 Å². The summed E-state index contributed by atoms with van der Waals surface area (Å²) < 4.78 is 6.83. The first-order valence-corrected chi connectivity index (χ1v) is 6.85. The second-order valence-corrected chi connectivity index (χ2v) is 6.54. The Kier molecular flexibility index (Phi) is 3.83. The number of rotatable bonds is 3. The minimum Gasteiger partial charge on any atom is -0.378 e. The average Bonchev–Trinajstić information content (AvgIpc) is 2.78. The Morgan fingerprint density at radius 1 is 1.60 bits per heavy atom. The summed E-state index contributed by atoms with van der Waals surface area (Å²) in [4.78, 5) is 1.40. The molecule has 0 amide bonds. The van der Waals surface area contributed by atoms with Crippen molar-refractivity contribution in [3.8, 4) is 0 Å². The fraction of sp³-hybridized carbons (Fsp3) is 0.636. The van der Waals surface area contributed by atoms with E-state index in [9.17, 15) is 0 Å². The summed E-state index contributed by atoms with van der Waals surface area (Å²) in [5.41, 5.74) is 0. The molecule has 2 rings (SSSR count). The van der Waals surface area contributed by atoms with Gasteiger partial charge in [-0.3, -0.25) is 0 Å². The molecule has 15 heavy (non-hydrogen) atoms. The first-order valence-electron chi connectivity index (χ1n) is 5.25. The molecule has 0 spiro atoms. The van der Waals surface area contributed by atoms with Crippen LogP contribution in [0.3, 0.4) is 0 Å². The van der Waals surface area contributed by atoms with Gasteiger partial charge in [0, 0.05) is 16.8 Å². The molecule has 2 nitrogen and oxygen atoms in total. The summed E-state index contributed by atoms with van der Waals surface area (Å²) in [6, 6.07) is 4.74. The van der Waals surface area contributed by atoms with Gasteiger partial charge < -0.3 is 10.1 Å². The summed E-state index contributed by atoms with van der Waals surface area (Å²) in [7, 11) is 2.03. The molecule has 0 bridgehead atoms. The van der Waals surface area contributed by atoms with Crippen molar-refractivity contribution in [2.24, 2.45) is 5.92 Å². The Labute approximate surface area is 103 Å². The third kappa shape index (κ3) is 2.61. The molecule has 84 valence electrons. The van der Waals surface area contributed by atoms with E-state index in [-0.39, 0.29) is 0 Å². The molecule has 1 aromatic rings. The van der Waals surface area contributed by atoms with Gasteiger partial charge in [0.15, 0.2) is 0 Å². The Bertz CT molecular complexity index is 328. The van der Waals surface area contributed by atoms with Gasteiger partial charge in [0.1, 0.15) is 0 Å². The van der Waals surface area contributed by atoms with Crippen molar-refractivity contribution < 1.29 is 4.74 Å². The van der Waals surface area contributed by atoms with Gasteiger partial charge in [-0.05, 0) is 48.5 Å². The Balaban J connectivity index is 2.10. The predicted molar refractivity (Wildman–Crippen MR) is 67.3 cm³/mol. The number of hydrogen-bond donors (Lipinski definition) is 1. The third-order valence-electron chi connectivity index (χ3n) is 2.91. The van der Waals surface area contributed by atoms with Crippen LogP contribution in [-0.2, 0) is 4.74 Å². The van der Waals surface area contributed by atoms with Gasteiger partial charge >= 0.3 is 0 Å². The Morgan fingerprint density at radius 3 is 2.87 bits per heavy atom. The van der Waals surface area contributed by atoms with Crippen molar-refractivity contribution in [3.63, 3.8) is 0 Å². The lowest BCUT2D eigenvalue weighted by atomic mass is 9.96. The smallest absolute Gasteiger partial charge is 0.0701 e. The van der Waals surface area contributed by atoms with Crippen LogP contribution in [0.4, 0.5) is 0 Å². The standard InChI is InChI=1S/C11H16BrNOS/c1-7-5-8(6-14-7)11(13-2)9-3-4-10(12)15-9/h3-4,7-8,11,13H,5-6H2,1-2H3. The summed E-state index contributed by atoms with van der Waals surface area (Å²) >= 11 is 5.32. The first kappa shape index (κ1) is 11.6. The SMILES string of the molecule is CNC(c1ccc(Br)s1)C1COC(C)C1. The van der Waals surface area contributed by atoms with Crippen LogP contribution in [0.15, 0.2) is 15.9 Å². The maximum Gasteiger partial charge on any atom is 0.0701 e. The van der Waals surface area contributed by atoms with Gasteiger partial charge in [-0.15, -0.1) is 11.3 Å². The van der Waals surface area contributed by atoms with Crippen LogP contribution in [0, 0.1) is 5.92 Å². The van der Waals surface area contributed by atoms with Crippen LogP contribution < -0.4 is 5.32 Å². The summed E-state index contributed by atoms with van der Waals surface area (Å²) in [6.45, 7) is 3.03. The molecule has 1 aliphatic heterocycles. The summed E-state index contributed by atoms with van der Waals surface area (Å²) in [5.74, 6) is 0.607. The average molecular weight is 290 g/mol. The summed E-state index contributed by atoms with van der Waals surface area (Å²) in [6.07, 6.45) is 1.57. The van der Waals surface area contributed by atoms with E-state index in [1.807, 2.05) is 18.4 Å². The fourth-order valence-electron chi connectivity index (χ4n) is 2.19. The topological polar surface area (TPSA) is 21.3 Å². The molecular weight excluding hydrogens is 274 g/mol. The van der Waals surface area contributed by atoms with E-state index in [4.69, 9.17) is 4.74 Å². The van der Waals surface area contributed by atoms with Gasteiger partial charge in [-0.2, -0.15) is 0 Å². The van der Waals surface area contributed by atoms with E-state index in [2.05, 4.69) is 40.3 Å². The normalized spacial score (nSPS) is 28.2. The molecule has 0 aromatic carbocycles. The highest BCUT2D eigenvalue weighted by Crippen LogP contribution is 2.36. The maximum absolute atomic E-state index is 5.63. The van der Waals surface area contributed by atoms with E-state index >= 15 is 0 Å². The minimum atomic E-state index is 0.411. The summed E-state index contributed by atoms with van der Waals surface area (Å²) in [5, 5.41) is 3.40. The van der Waals surface area contributed by atoms with E-state index in [1.54, 1.807) is 0 Å². The van der Waals surface area contributed by atoms with Gasteiger partial charge in [-0.25, -0.2) is 0 Å².